The lowest BCUT2D eigenvalue weighted by Crippen LogP contribution is -2.45. The summed E-state index contributed by atoms with van der Waals surface area (Å²) >= 11 is 0. The van der Waals surface area contributed by atoms with Gasteiger partial charge in [0.15, 0.2) is 0 Å². The Morgan fingerprint density at radius 1 is 1.28 bits per heavy atom. The molecule has 2 amide bonds. The van der Waals surface area contributed by atoms with Gasteiger partial charge < -0.3 is 25.8 Å². The molecule has 10 heteroatoms. The Bertz CT molecular complexity index is 1210. The zero-order valence-electron chi connectivity index (χ0n) is 23.0. The number of halogens is 1. The first-order valence-corrected chi connectivity index (χ1v) is 13.4. The number of amides is 2. The molecule has 1 aliphatic rings. The van der Waals surface area contributed by atoms with Gasteiger partial charge in [0.05, 0.1) is 11.8 Å². The van der Waals surface area contributed by atoms with Gasteiger partial charge in [-0.05, 0) is 58.0 Å². The van der Waals surface area contributed by atoms with Crippen LogP contribution in [0.4, 0.5) is 21.8 Å². The minimum Gasteiger partial charge on any atom is -0.369 e. The summed E-state index contributed by atoms with van der Waals surface area (Å²) in [5.41, 5.74) is 1.22. The maximum atomic E-state index is 13.5. The summed E-state index contributed by atoms with van der Waals surface area (Å²) in [6, 6.07) is 5.69. The largest absolute Gasteiger partial charge is 0.369 e. The molecule has 1 fully saturated rings. The molecule has 2 heterocycles. The van der Waals surface area contributed by atoms with Gasteiger partial charge in [-0.3, -0.25) is 9.59 Å². The summed E-state index contributed by atoms with van der Waals surface area (Å²) in [6.45, 7) is 4.54. The SMILES string of the molecule is CCCNc1nc(Nc2cccc(F)c2)ncc1C#CCCCNC(=O)[C@@H]1CCCN1C(=O)/C=C/CN(C)C. The molecule has 9 nitrogen and oxygen atoms in total. The highest BCUT2D eigenvalue weighted by Crippen LogP contribution is 2.19. The van der Waals surface area contributed by atoms with Crippen LogP contribution in [0.2, 0.25) is 0 Å². The summed E-state index contributed by atoms with van der Waals surface area (Å²) in [5.74, 6) is 6.62. The summed E-state index contributed by atoms with van der Waals surface area (Å²) in [4.78, 5) is 37.6. The molecule has 0 spiro atoms. The maximum Gasteiger partial charge on any atom is 0.246 e. The van der Waals surface area contributed by atoms with E-state index in [2.05, 4.69) is 44.7 Å². The van der Waals surface area contributed by atoms with Gasteiger partial charge in [0.1, 0.15) is 17.7 Å². The van der Waals surface area contributed by atoms with E-state index < -0.39 is 6.04 Å². The van der Waals surface area contributed by atoms with Crippen molar-refractivity contribution in [1.82, 2.24) is 25.1 Å². The van der Waals surface area contributed by atoms with Crippen LogP contribution >= 0.6 is 0 Å². The topological polar surface area (TPSA) is 102 Å². The van der Waals surface area contributed by atoms with E-state index in [4.69, 9.17) is 0 Å². The van der Waals surface area contributed by atoms with Crippen molar-refractivity contribution in [3.8, 4) is 11.8 Å². The normalized spacial score (nSPS) is 14.8. The van der Waals surface area contributed by atoms with E-state index in [1.165, 1.54) is 12.1 Å². The first-order valence-electron chi connectivity index (χ1n) is 13.4. The lowest BCUT2D eigenvalue weighted by molar-refractivity contribution is -0.135. The number of likely N-dealkylation sites (tertiary alicyclic amines) is 1. The summed E-state index contributed by atoms with van der Waals surface area (Å²) in [5, 5.41) is 9.23. The number of nitrogens with zero attached hydrogens (tertiary/aromatic N) is 4. The third kappa shape index (κ3) is 9.69. The maximum absolute atomic E-state index is 13.5. The predicted molar refractivity (Wildman–Crippen MR) is 152 cm³/mol. The number of rotatable bonds is 12. The molecule has 3 N–H and O–H groups in total. The number of likely N-dealkylation sites (N-methyl/N-ethyl adjacent to an activating group) is 1. The third-order valence-corrected chi connectivity index (χ3v) is 5.98. The average molecular weight is 536 g/mol. The Labute approximate surface area is 230 Å². The Morgan fingerprint density at radius 3 is 2.90 bits per heavy atom. The molecule has 1 aliphatic heterocycles. The number of anilines is 3. The van der Waals surface area contributed by atoms with E-state index in [0.717, 1.165) is 19.4 Å². The van der Waals surface area contributed by atoms with Crippen molar-refractivity contribution in [3.63, 3.8) is 0 Å². The number of hydrogen-bond donors (Lipinski definition) is 3. The van der Waals surface area contributed by atoms with E-state index >= 15 is 0 Å². The van der Waals surface area contributed by atoms with E-state index in [1.54, 1.807) is 29.3 Å². The number of benzene rings is 1. The van der Waals surface area contributed by atoms with Gasteiger partial charge >= 0.3 is 0 Å². The Hall–Kier alpha value is -3.97. The summed E-state index contributed by atoms with van der Waals surface area (Å²) < 4.78 is 13.5. The Balaban J connectivity index is 1.50. The number of hydrogen-bond acceptors (Lipinski definition) is 7. The Kier molecular flexibility index (Phi) is 11.7. The zero-order chi connectivity index (χ0) is 28.0. The number of aromatic nitrogens is 2. The van der Waals surface area contributed by atoms with Crippen LogP contribution in [0.25, 0.3) is 0 Å². The Morgan fingerprint density at radius 2 is 2.13 bits per heavy atom. The van der Waals surface area contributed by atoms with E-state index in [1.807, 2.05) is 25.1 Å². The molecule has 208 valence electrons. The fourth-order valence-electron chi connectivity index (χ4n) is 4.03. The average Bonchev–Trinajstić information content (AvgIpc) is 3.40. The van der Waals surface area contributed by atoms with Gasteiger partial charge in [0.2, 0.25) is 17.8 Å². The predicted octanol–water partition coefficient (Wildman–Crippen LogP) is 3.54. The smallest absolute Gasteiger partial charge is 0.246 e. The van der Waals surface area contributed by atoms with Crippen molar-refractivity contribution in [1.29, 1.82) is 0 Å². The second-order valence-electron chi connectivity index (χ2n) is 9.57. The highest BCUT2D eigenvalue weighted by atomic mass is 19.1. The monoisotopic (exact) mass is 535 g/mol. The van der Waals surface area contributed by atoms with Crippen molar-refractivity contribution in [2.75, 3.05) is 50.9 Å². The van der Waals surface area contributed by atoms with Crippen molar-refractivity contribution in [2.45, 2.75) is 45.1 Å². The van der Waals surface area contributed by atoms with Gasteiger partial charge in [-0.25, -0.2) is 9.37 Å². The second-order valence-corrected chi connectivity index (χ2v) is 9.57. The van der Waals surface area contributed by atoms with E-state index in [-0.39, 0.29) is 17.6 Å². The number of carbonyl (C=O) groups excluding carboxylic acids is 2. The fourth-order valence-corrected chi connectivity index (χ4v) is 4.03. The molecule has 0 bridgehead atoms. The molecule has 1 saturated heterocycles. The van der Waals surface area contributed by atoms with Gasteiger partial charge in [-0.2, -0.15) is 4.98 Å². The molecule has 1 atom stereocenters. The number of unbranched alkanes of at least 4 members (excludes halogenated alkanes) is 1. The highest BCUT2D eigenvalue weighted by Gasteiger charge is 2.32. The van der Waals surface area contributed by atoms with Crippen LogP contribution in [0, 0.1) is 17.7 Å². The first kappa shape index (κ1) is 29.6. The molecular formula is C29H38FN7O2. The van der Waals surface area contributed by atoms with Crippen LogP contribution in [0.3, 0.4) is 0 Å². The fraction of sp³-hybridized carbons (Fsp3) is 0.448. The summed E-state index contributed by atoms with van der Waals surface area (Å²) in [6.07, 6.45) is 8.69. The van der Waals surface area contributed by atoms with Gasteiger partial charge in [0, 0.05) is 44.4 Å². The van der Waals surface area contributed by atoms with Crippen molar-refractivity contribution < 1.29 is 14.0 Å². The van der Waals surface area contributed by atoms with Crippen molar-refractivity contribution >= 4 is 29.3 Å². The van der Waals surface area contributed by atoms with Gasteiger partial charge in [-0.1, -0.05) is 30.9 Å². The van der Waals surface area contributed by atoms with Crippen LogP contribution in [0.1, 0.15) is 44.6 Å². The molecule has 0 saturated carbocycles. The van der Waals surface area contributed by atoms with Gasteiger partial charge in [0.25, 0.3) is 0 Å². The van der Waals surface area contributed by atoms with Crippen LogP contribution < -0.4 is 16.0 Å². The van der Waals surface area contributed by atoms with Gasteiger partial charge in [-0.15, -0.1) is 0 Å². The van der Waals surface area contributed by atoms with Crippen LogP contribution in [-0.4, -0.2) is 77.9 Å². The lowest BCUT2D eigenvalue weighted by Gasteiger charge is -2.22. The number of carbonyl (C=O) groups is 2. The van der Waals surface area contributed by atoms with Crippen molar-refractivity contribution in [3.05, 3.63) is 54.0 Å². The van der Waals surface area contributed by atoms with Crippen LogP contribution in [0.15, 0.2) is 42.6 Å². The molecule has 2 aromatic rings. The molecule has 1 aromatic heterocycles. The third-order valence-electron chi connectivity index (χ3n) is 5.98. The quantitative estimate of drug-likeness (QED) is 0.217. The standard InChI is InChI=1S/C29H38FN7O2/c1-4-16-31-27-22(21-33-29(35-27)34-24-13-8-12-23(30)20-24)11-6-5-7-17-32-28(39)25-14-9-19-37(25)26(38)15-10-18-36(2)3/h8,10,12-13,15,20-21,25H,4-5,7,9,14,16-19H2,1-3H3,(H,32,39)(H2,31,33,34,35)/b15-10+/t25-/m0/s1. The highest BCUT2D eigenvalue weighted by molar-refractivity contribution is 5.93. The van der Waals surface area contributed by atoms with Crippen LogP contribution in [0.5, 0.6) is 0 Å². The molecule has 3 rings (SSSR count). The molecule has 1 aromatic carbocycles. The van der Waals surface area contributed by atoms with Crippen molar-refractivity contribution in [2.24, 2.45) is 0 Å². The molecule has 39 heavy (non-hydrogen) atoms. The van der Waals surface area contributed by atoms with E-state index in [0.29, 0.717) is 61.9 Å². The molecular weight excluding hydrogens is 497 g/mol. The zero-order valence-corrected chi connectivity index (χ0v) is 23.0. The molecule has 0 radical (unpaired) electrons. The minimum atomic E-state index is -0.420. The lowest BCUT2D eigenvalue weighted by atomic mass is 10.2. The molecule has 0 unspecified atom stereocenters. The molecule has 0 aliphatic carbocycles. The first-order chi connectivity index (χ1) is 18.9. The summed E-state index contributed by atoms with van der Waals surface area (Å²) in [7, 11) is 3.87. The number of nitrogens with one attached hydrogen (secondary N) is 3. The van der Waals surface area contributed by atoms with E-state index in [9.17, 15) is 14.0 Å². The minimum absolute atomic E-state index is 0.115. The van der Waals surface area contributed by atoms with Crippen LogP contribution in [-0.2, 0) is 9.59 Å². The second kappa shape index (κ2) is 15.4.